The first-order valence-corrected chi connectivity index (χ1v) is 10.7. The predicted octanol–water partition coefficient (Wildman–Crippen LogP) is 4.11. The number of para-hydroxylation sites is 2. The first-order valence-electron chi connectivity index (χ1n) is 10.7. The Morgan fingerprint density at radius 1 is 0.812 bits per heavy atom. The lowest BCUT2D eigenvalue weighted by atomic mass is 9.90. The normalized spacial score (nSPS) is 22.4. The summed E-state index contributed by atoms with van der Waals surface area (Å²) in [6.07, 6.45) is -0.860. The molecule has 3 aromatic rings. The summed E-state index contributed by atoms with van der Waals surface area (Å²) in [5.74, 6) is -1.19. The van der Waals surface area contributed by atoms with Crippen molar-refractivity contribution in [3.8, 4) is 0 Å². The van der Waals surface area contributed by atoms with Crippen molar-refractivity contribution in [2.75, 3.05) is 29.0 Å². The molecule has 6 nitrogen and oxygen atoms in total. The second-order valence-corrected chi connectivity index (χ2v) is 8.44. The molecular formula is C26H25N3O3. The molecule has 3 aromatic carbocycles. The Kier molecular flexibility index (Phi) is 4.94. The van der Waals surface area contributed by atoms with E-state index in [-0.39, 0.29) is 11.8 Å². The summed E-state index contributed by atoms with van der Waals surface area (Å²) in [4.78, 5) is 36.5. The van der Waals surface area contributed by atoms with Gasteiger partial charge in [0.15, 0.2) is 6.10 Å². The van der Waals surface area contributed by atoms with Crippen LogP contribution in [0.3, 0.4) is 0 Å². The van der Waals surface area contributed by atoms with E-state index in [1.54, 1.807) is 17.2 Å². The fraction of sp³-hybridized carbons (Fsp3) is 0.231. The van der Waals surface area contributed by atoms with Gasteiger partial charge in [0.25, 0.3) is 5.91 Å². The molecule has 0 radical (unpaired) electrons. The Hall–Kier alpha value is -3.64. The van der Waals surface area contributed by atoms with Crippen LogP contribution >= 0.6 is 0 Å². The van der Waals surface area contributed by atoms with Crippen LogP contribution in [0.1, 0.15) is 17.2 Å². The highest BCUT2D eigenvalue weighted by Gasteiger charge is 2.60. The van der Waals surface area contributed by atoms with E-state index in [4.69, 9.17) is 4.84 Å². The van der Waals surface area contributed by atoms with Crippen LogP contribution in [-0.4, -0.2) is 32.0 Å². The van der Waals surface area contributed by atoms with Crippen LogP contribution in [0.15, 0.2) is 78.9 Å². The van der Waals surface area contributed by atoms with Crippen molar-refractivity contribution in [3.63, 3.8) is 0 Å². The molecule has 0 spiro atoms. The van der Waals surface area contributed by atoms with Gasteiger partial charge in [-0.15, -0.1) is 0 Å². The first-order chi connectivity index (χ1) is 15.5. The monoisotopic (exact) mass is 427 g/mol. The molecule has 0 saturated carbocycles. The van der Waals surface area contributed by atoms with Crippen molar-refractivity contribution >= 4 is 28.9 Å². The molecule has 2 fully saturated rings. The quantitative estimate of drug-likeness (QED) is 0.587. The van der Waals surface area contributed by atoms with E-state index in [1.165, 1.54) is 4.90 Å². The van der Waals surface area contributed by atoms with Gasteiger partial charge in [0.05, 0.1) is 17.4 Å². The van der Waals surface area contributed by atoms with Gasteiger partial charge in [-0.3, -0.25) is 14.4 Å². The number of nitrogens with zero attached hydrogens (tertiary/aromatic N) is 3. The van der Waals surface area contributed by atoms with Crippen molar-refractivity contribution in [1.29, 1.82) is 0 Å². The molecule has 0 unspecified atom stereocenters. The number of fused-ring (bicyclic) bond motifs is 1. The number of amides is 2. The molecule has 162 valence electrons. The van der Waals surface area contributed by atoms with Crippen LogP contribution < -0.4 is 14.9 Å². The molecule has 32 heavy (non-hydrogen) atoms. The van der Waals surface area contributed by atoms with Crippen molar-refractivity contribution in [3.05, 3.63) is 90.0 Å². The zero-order chi connectivity index (χ0) is 22.4. The third-order valence-electron chi connectivity index (χ3n) is 6.23. The number of benzene rings is 3. The number of anilines is 3. The lowest BCUT2D eigenvalue weighted by Crippen LogP contribution is -2.37. The predicted molar refractivity (Wildman–Crippen MR) is 124 cm³/mol. The standard InChI is InChI=1S/C26H25N3O3/c1-17-9-7-8-12-21(17)29-23(18-13-15-19(16-14-18)27(2)3)22-24(32-29)26(31)28(25(22)30)20-10-5-4-6-11-20/h4-16,22-24H,1-3H3/t22-,23-,24-/m0/s1. The van der Waals surface area contributed by atoms with Crippen LogP contribution in [-0.2, 0) is 14.4 Å². The molecule has 2 aliphatic heterocycles. The molecule has 2 aliphatic rings. The maximum absolute atomic E-state index is 13.6. The number of aryl methyl sites for hydroxylation is 1. The van der Waals surface area contributed by atoms with Crippen molar-refractivity contribution < 1.29 is 14.4 Å². The smallest absolute Gasteiger partial charge is 0.266 e. The largest absolute Gasteiger partial charge is 0.378 e. The molecular weight excluding hydrogens is 402 g/mol. The van der Waals surface area contributed by atoms with Gasteiger partial charge < -0.3 is 4.90 Å². The Labute approximate surface area is 187 Å². The highest BCUT2D eigenvalue weighted by Crippen LogP contribution is 2.48. The van der Waals surface area contributed by atoms with Gasteiger partial charge in [-0.2, -0.15) is 0 Å². The van der Waals surface area contributed by atoms with E-state index in [0.29, 0.717) is 5.69 Å². The molecule has 0 N–H and O–H groups in total. The number of hydrogen-bond donors (Lipinski definition) is 0. The summed E-state index contributed by atoms with van der Waals surface area (Å²) in [5, 5.41) is 1.76. The third kappa shape index (κ3) is 3.15. The number of rotatable bonds is 4. The highest BCUT2D eigenvalue weighted by atomic mass is 16.7. The van der Waals surface area contributed by atoms with Crippen LogP contribution in [0.2, 0.25) is 0 Å². The van der Waals surface area contributed by atoms with E-state index in [0.717, 1.165) is 22.5 Å². The second-order valence-electron chi connectivity index (χ2n) is 8.44. The molecule has 6 heteroatoms. The fourth-order valence-corrected chi connectivity index (χ4v) is 4.57. The van der Waals surface area contributed by atoms with Crippen LogP contribution in [0, 0.1) is 12.8 Å². The molecule has 2 amide bonds. The fourth-order valence-electron chi connectivity index (χ4n) is 4.57. The Morgan fingerprint density at radius 2 is 1.47 bits per heavy atom. The molecule has 3 atom stereocenters. The maximum atomic E-state index is 13.6. The second kappa shape index (κ2) is 7.80. The van der Waals surface area contributed by atoms with Gasteiger partial charge in [-0.25, -0.2) is 9.96 Å². The van der Waals surface area contributed by atoms with Gasteiger partial charge in [0.2, 0.25) is 5.91 Å². The number of carbonyl (C=O) groups is 2. The maximum Gasteiger partial charge on any atom is 0.266 e. The minimum absolute atomic E-state index is 0.232. The van der Waals surface area contributed by atoms with E-state index in [9.17, 15) is 9.59 Å². The van der Waals surface area contributed by atoms with Gasteiger partial charge >= 0.3 is 0 Å². The number of hydrogen-bond acceptors (Lipinski definition) is 5. The first kappa shape index (κ1) is 20.3. The summed E-state index contributed by atoms with van der Waals surface area (Å²) in [6.45, 7) is 2.00. The van der Waals surface area contributed by atoms with Gasteiger partial charge in [0, 0.05) is 19.8 Å². The summed E-state index contributed by atoms with van der Waals surface area (Å²) in [6, 6.07) is 24.6. The third-order valence-corrected chi connectivity index (χ3v) is 6.23. The molecule has 5 rings (SSSR count). The molecule has 0 bridgehead atoms. The van der Waals surface area contributed by atoms with Crippen molar-refractivity contribution in [2.24, 2.45) is 5.92 Å². The van der Waals surface area contributed by atoms with Gasteiger partial charge in [-0.1, -0.05) is 48.5 Å². The zero-order valence-corrected chi connectivity index (χ0v) is 18.3. The molecule has 0 aromatic heterocycles. The molecule has 2 heterocycles. The van der Waals surface area contributed by atoms with Crippen molar-refractivity contribution in [2.45, 2.75) is 19.1 Å². The van der Waals surface area contributed by atoms with E-state index in [1.807, 2.05) is 92.6 Å². The van der Waals surface area contributed by atoms with E-state index >= 15 is 0 Å². The Bertz CT molecular complexity index is 1160. The SMILES string of the molecule is Cc1ccccc1N1O[C@@H]2C(=O)N(c3ccccc3)C(=O)[C@H]2[C@@H]1c1ccc(N(C)C)cc1. The van der Waals surface area contributed by atoms with Crippen LogP contribution in [0.25, 0.3) is 0 Å². The summed E-state index contributed by atoms with van der Waals surface area (Å²) >= 11 is 0. The number of imide groups is 1. The summed E-state index contributed by atoms with van der Waals surface area (Å²) in [7, 11) is 3.97. The molecule has 0 aliphatic carbocycles. The summed E-state index contributed by atoms with van der Waals surface area (Å²) < 4.78 is 0. The number of hydroxylamine groups is 1. The summed E-state index contributed by atoms with van der Waals surface area (Å²) in [5.41, 5.74) is 4.44. The Balaban J connectivity index is 1.59. The minimum atomic E-state index is -0.860. The average Bonchev–Trinajstić information content (AvgIpc) is 3.30. The van der Waals surface area contributed by atoms with Gasteiger partial charge in [-0.05, 0) is 48.4 Å². The minimum Gasteiger partial charge on any atom is -0.378 e. The average molecular weight is 428 g/mol. The van der Waals surface area contributed by atoms with E-state index in [2.05, 4.69) is 0 Å². The van der Waals surface area contributed by atoms with E-state index < -0.39 is 18.1 Å². The van der Waals surface area contributed by atoms with Crippen LogP contribution in [0.5, 0.6) is 0 Å². The lowest BCUT2D eigenvalue weighted by Gasteiger charge is -2.30. The zero-order valence-electron chi connectivity index (χ0n) is 18.3. The van der Waals surface area contributed by atoms with Crippen molar-refractivity contribution in [1.82, 2.24) is 0 Å². The number of carbonyl (C=O) groups excluding carboxylic acids is 2. The highest BCUT2D eigenvalue weighted by molar-refractivity contribution is 6.23. The van der Waals surface area contributed by atoms with Gasteiger partial charge in [0.1, 0.15) is 5.92 Å². The Morgan fingerprint density at radius 3 is 2.12 bits per heavy atom. The van der Waals surface area contributed by atoms with Crippen LogP contribution in [0.4, 0.5) is 17.1 Å². The lowest BCUT2D eigenvalue weighted by molar-refractivity contribution is -0.126. The molecule has 2 saturated heterocycles. The topological polar surface area (TPSA) is 53.1 Å².